The van der Waals surface area contributed by atoms with Crippen LogP contribution in [0.1, 0.15) is 74.1 Å². The predicted octanol–water partition coefficient (Wildman–Crippen LogP) is 8.50. The molecular formula is C33H43N7Y2-2. The van der Waals surface area contributed by atoms with Crippen molar-refractivity contribution in [2.75, 3.05) is 0 Å². The maximum atomic E-state index is 4.46. The van der Waals surface area contributed by atoms with Crippen LogP contribution in [0, 0.1) is 12.4 Å². The molecule has 0 unspecified atom stereocenters. The Bertz CT molecular complexity index is 1370. The summed E-state index contributed by atoms with van der Waals surface area (Å²) in [5, 5.41) is 0.926. The molecule has 6 rings (SSSR count). The molecule has 0 amide bonds. The molecule has 7 nitrogen and oxygen atoms in total. The number of pyridine rings is 2. The fraction of sp³-hybridized carbons (Fsp3) is 0.303. The maximum Gasteiger partial charge on any atom is 0.0758 e. The first-order chi connectivity index (χ1) is 19.4. The number of hydrogen-bond donors (Lipinski definition) is 0. The molecule has 42 heavy (non-hydrogen) atoms. The van der Waals surface area contributed by atoms with Gasteiger partial charge in [-0.25, -0.2) is 0 Å². The molecule has 5 aromatic rings. The van der Waals surface area contributed by atoms with Gasteiger partial charge >= 0.3 is 0 Å². The van der Waals surface area contributed by atoms with Crippen molar-refractivity contribution in [2.24, 2.45) is 4.99 Å². The normalized spacial score (nSPS) is 9.14. The van der Waals surface area contributed by atoms with E-state index in [1.54, 1.807) is 31.0 Å². The van der Waals surface area contributed by atoms with E-state index in [4.69, 9.17) is 0 Å². The molecule has 0 aliphatic carbocycles. The Hall–Kier alpha value is -2.18. The molecule has 2 radical (unpaired) electrons. The summed E-state index contributed by atoms with van der Waals surface area (Å²) in [7, 11) is 0. The summed E-state index contributed by atoms with van der Waals surface area (Å²) in [6.45, 7) is 16.6. The zero-order valence-electron chi connectivity index (χ0n) is 25.5. The minimum Gasteiger partial charge on any atom is -0.344 e. The molecule has 1 aliphatic heterocycles. The van der Waals surface area contributed by atoms with Gasteiger partial charge in [-0.05, 0) is 46.9 Å². The average Bonchev–Trinajstić information content (AvgIpc) is 3.54. The van der Waals surface area contributed by atoms with Crippen LogP contribution in [0.4, 0.5) is 0 Å². The van der Waals surface area contributed by atoms with Gasteiger partial charge in [-0.2, -0.15) is 0 Å². The molecule has 218 valence electrons. The first-order valence-electron chi connectivity index (χ1n) is 13.6. The molecule has 0 saturated heterocycles. The number of benzene rings is 1. The van der Waals surface area contributed by atoms with E-state index in [0.29, 0.717) is 18.2 Å². The number of aliphatic imine (C=N–C) groups is 1. The Morgan fingerprint density at radius 1 is 0.619 bits per heavy atom. The standard InChI is InChI=1S/C13H8N3.C11H7N4.4C2H6.CH4.2Y/c1-2-6-12-10(4-1)9-15-13(16-12)11-5-3-7-14-8-11;1-2-8(4-12-3-1)11-14-6-9-5-13-7-10(9)15-11;4*1-2;;;/h1-8H;1-5H,7H2;4*1-2H3;1H4;;/q2*-1;;;;;;;. The summed E-state index contributed by atoms with van der Waals surface area (Å²) in [5.41, 5.74) is 4.54. The number of hydrogen-bond acceptors (Lipinski definition) is 7. The van der Waals surface area contributed by atoms with Gasteiger partial charge in [0.1, 0.15) is 0 Å². The largest absolute Gasteiger partial charge is 0.344 e. The summed E-state index contributed by atoms with van der Waals surface area (Å²) in [5.74, 6) is 1.32. The topological polar surface area (TPSA) is 89.7 Å². The third-order valence-electron chi connectivity index (χ3n) is 4.55. The summed E-state index contributed by atoms with van der Waals surface area (Å²) >= 11 is 0. The van der Waals surface area contributed by atoms with Crippen molar-refractivity contribution < 1.29 is 65.4 Å². The van der Waals surface area contributed by atoms with Crippen molar-refractivity contribution in [3.63, 3.8) is 0 Å². The zero-order valence-corrected chi connectivity index (χ0v) is 31.2. The second kappa shape index (κ2) is 27.6. The Balaban J connectivity index is -0.000000555. The van der Waals surface area contributed by atoms with Gasteiger partial charge in [-0.1, -0.05) is 98.9 Å². The molecule has 0 N–H and O–H groups in total. The minimum absolute atomic E-state index is 0. The van der Waals surface area contributed by atoms with Crippen LogP contribution in [0.25, 0.3) is 33.7 Å². The van der Waals surface area contributed by atoms with Gasteiger partial charge in [-0.3, -0.25) is 9.97 Å². The van der Waals surface area contributed by atoms with Crippen LogP contribution in [0.15, 0.2) is 78.3 Å². The Kier molecular flexibility index (Phi) is 29.1. The molecule has 1 aromatic carbocycles. The van der Waals surface area contributed by atoms with Crippen LogP contribution >= 0.6 is 0 Å². The van der Waals surface area contributed by atoms with Crippen molar-refractivity contribution in [3.05, 3.63) is 97.0 Å². The van der Waals surface area contributed by atoms with Crippen molar-refractivity contribution in [1.29, 1.82) is 0 Å². The summed E-state index contributed by atoms with van der Waals surface area (Å²) < 4.78 is 0. The third-order valence-corrected chi connectivity index (χ3v) is 4.55. The fourth-order valence-electron chi connectivity index (χ4n) is 3.00. The van der Waals surface area contributed by atoms with Crippen LogP contribution in [0.3, 0.4) is 0 Å². The predicted molar refractivity (Wildman–Crippen MR) is 169 cm³/mol. The van der Waals surface area contributed by atoms with Gasteiger partial charge in [0, 0.05) is 96.8 Å². The van der Waals surface area contributed by atoms with Crippen molar-refractivity contribution in [1.82, 2.24) is 29.9 Å². The van der Waals surface area contributed by atoms with Crippen molar-refractivity contribution in [3.8, 4) is 22.8 Å². The van der Waals surface area contributed by atoms with Crippen molar-refractivity contribution in [2.45, 2.75) is 69.4 Å². The number of fused-ring (bicyclic) bond motifs is 2. The van der Waals surface area contributed by atoms with E-state index < -0.39 is 0 Å². The molecule has 5 heterocycles. The first-order valence-corrected chi connectivity index (χ1v) is 13.6. The second-order valence-electron chi connectivity index (χ2n) is 6.65. The molecule has 1 aliphatic rings. The Morgan fingerprint density at radius 3 is 1.69 bits per heavy atom. The van der Waals surface area contributed by atoms with Crippen LogP contribution in [0.2, 0.25) is 0 Å². The van der Waals surface area contributed by atoms with Crippen LogP contribution < -0.4 is 0 Å². The van der Waals surface area contributed by atoms with Gasteiger partial charge in [0.15, 0.2) is 0 Å². The number of rotatable bonds is 2. The molecule has 9 heteroatoms. The van der Waals surface area contributed by atoms with E-state index in [1.165, 1.54) is 0 Å². The second-order valence-corrected chi connectivity index (χ2v) is 6.65. The molecule has 0 fully saturated rings. The molecule has 4 aromatic heterocycles. The van der Waals surface area contributed by atoms with Gasteiger partial charge in [0.05, 0.1) is 11.6 Å². The van der Waals surface area contributed by atoms with Gasteiger partial charge < -0.3 is 24.9 Å². The van der Waals surface area contributed by atoms with E-state index in [2.05, 4.69) is 47.3 Å². The van der Waals surface area contributed by atoms with Crippen LogP contribution in [-0.2, 0) is 72.0 Å². The number of nitrogens with zero attached hydrogens (tertiary/aromatic N) is 7. The molecule has 0 bridgehead atoms. The Morgan fingerprint density at radius 2 is 1.14 bits per heavy atom. The Labute approximate surface area is 303 Å². The van der Waals surface area contributed by atoms with E-state index in [-0.39, 0.29) is 72.8 Å². The quantitative estimate of drug-likeness (QED) is 0.170. The number of aromatic nitrogens is 6. The van der Waals surface area contributed by atoms with Gasteiger partial charge in [0.2, 0.25) is 0 Å². The van der Waals surface area contributed by atoms with E-state index in [1.807, 2.05) is 104 Å². The van der Waals surface area contributed by atoms with E-state index in [0.717, 1.165) is 33.3 Å². The van der Waals surface area contributed by atoms with Gasteiger partial charge in [-0.15, -0.1) is 17.5 Å². The molecule has 0 spiro atoms. The minimum atomic E-state index is 0. The summed E-state index contributed by atoms with van der Waals surface area (Å²) in [4.78, 5) is 29.4. The van der Waals surface area contributed by atoms with E-state index >= 15 is 0 Å². The fourth-order valence-corrected chi connectivity index (χ4v) is 3.00. The molecular weight excluding hydrogens is 672 g/mol. The van der Waals surface area contributed by atoms with Gasteiger partial charge in [0.25, 0.3) is 0 Å². The SMILES string of the molecule is C.CC.CC.CC.CC.[Y].[Y].[c-]1nc(-c2cccnc2)nc2c1C=NC2.[c-]1nc(-c2cccnc2)nc2ccccc12. The van der Waals surface area contributed by atoms with E-state index in [9.17, 15) is 0 Å². The van der Waals surface area contributed by atoms with Crippen molar-refractivity contribution >= 4 is 17.1 Å². The monoisotopic (exact) mass is 715 g/mol. The summed E-state index contributed by atoms with van der Waals surface area (Å²) in [6.07, 6.45) is 14.6. The third kappa shape index (κ3) is 13.9. The zero-order chi connectivity index (χ0) is 28.9. The molecule has 0 atom stereocenters. The summed E-state index contributed by atoms with van der Waals surface area (Å²) in [6, 6.07) is 15.4. The van der Waals surface area contributed by atoms with Crippen LogP contribution in [-0.4, -0.2) is 36.1 Å². The smallest absolute Gasteiger partial charge is 0.0758 e. The first kappa shape index (κ1) is 44.3. The molecule has 0 saturated carbocycles. The maximum absolute atomic E-state index is 4.46. The average molecular weight is 716 g/mol. The van der Waals surface area contributed by atoms with Crippen LogP contribution in [0.5, 0.6) is 0 Å². The number of para-hydroxylation sites is 1.